The monoisotopic (exact) mass is 302 g/mol. The maximum Gasteiger partial charge on any atom is 0.184 e. The fourth-order valence-corrected chi connectivity index (χ4v) is 2.95. The smallest absolute Gasteiger partial charge is 0.184 e. The van der Waals surface area contributed by atoms with Crippen LogP contribution in [-0.2, 0) is 13.5 Å². The van der Waals surface area contributed by atoms with Gasteiger partial charge in [0.15, 0.2) is 10.4 Å². The van der Waals surface area contributed by atoms with Crippen molar-refractivity contribution < 1.29 is 4.74 Å². The van der Waals surface area contributed by atoms with Crippen LogP contribution in [0.4, 0.5) is 0 Å². The summed E-state index contributed by atoms with van der Waals surface area (Å²) in [5, 5.41) is 4.55. The van der Waals surface area contributed by atoms with Crippen molar-refractivity contribution >= 4 is 23.4 Å². The van der Waals surface area contributed by atoms with Gasteiger partial charge in [-0.1, -0.05) is 13.0 Å². The summed E-state index contributed by atoms with van der Waals surface area (Å²) in [5.74, 6) is 0.789. The Labute approximate surface area is 128 Å². The Morgan fingerprint density at radius 3 is 2.81 bits per heavy atom. The van der Waals surface area contributed by atoms with Crippen LogP contribution in [0.3, 0.4) is 0 Å². The molecule has 0 aliphatic rings. The van der Waals surface area contributed by atoms with Gasteiger partial charge < -0.3 is 9.72 Å². The van der Waals surface area contributed by atoms with Gasteiger partial charge in [0.2, 0.25) is 0 Å². The highest BCUT2D eigenvalue weighted by Crippen LogP contribution is 2.29. The normalized spacial score (nSPS) is 11.2. The van der Waals surface area contributed by atoms with E-state index in [0.717, 1.165) is 40.3 Å². The maximum absolute atomic E-state index is 5.52. The van der Waals surface area contributed by atoms with Crippen LogP contribution in [0.1, 0.15) is 18.2 Å². The number of imidazole rings is 1. The van der Waals surface area contributed by atoms with Gasteiger partial charge in [0, 0.05) is 7.05 Å². The number of fused-ring (bicyclic) bond motifs is 1. The number of hydrogen-bond donors (Lipinski definition) is 1. The van der Waals surface area contributed by atoms with E-state index in [-0.39, 0.29) is 0 Å². The Bertz CT molecular complexity index is 872. The molecule has 0 saturated heterocycles. The predicted octanol–water partition coefficient (Wildman–Crippen LogP) is 3.30. The minimum atomic E-state index is 0.650. The number of aromatic nitrogens is 4. The molecule has 0 aliphatic heterocycles. The fraction of sp³-hybridized carbons (Fsp3) is 0.333. The number of nitrogens with one attached hydrogen (secondary N) is 1. The lowest BCUT2D eigenvalue weighted by molar-refractivity contribution is 0.413. The Kier molecular flexibility index (Phi) is 3.33. The summed E-state index contributed by atoms with van der Waals surface area (Å²) in [6.07, 6.45) is 0.859. The molecule has 5 nitrogen and oxygen atoms in total. The lowest BCUT2D eigenvalue weighted by Gasteiger charge is -2.11. The molecule has 21 heavy (non-hydrogen) atoms. The van der Waals surface area contributed by atoms with Gasteiger partial charge in [0.1, 0.15) is 11.3 Å². The first-order valence-corrected chi connectivity index (χ1v) is 7.29. The number of hydrogen-bond acceptors (Lipinski definition) is 3. The van der Waals surface area contributed by atoms with Crippen LogP contribution in [0, 0.1) is 11.7 Å². The van der Waals surface area contributed by atoms with Gasteiger partial charge in [-0.25, -0.2) is 4.68 Å². The average molecular weight is 302 g/mol. The molecule has 6 heteroatoms. The Morgan fingerprint density at radius 1 is 1.38 bits per heavy atom. The second-order valence-electron chi connectivity index (χ2n) is 5.06. The van der Waals surface area contributed by atoms with E-state index in [0.29, 0.717) is 4.77 Å². The Balaban J connectivity index is 2.40. The van der Waals surface area contributed by atoms with Gasteiger partial charge in [0.05, 0.1) is 18.5 Å². The third-order valence-corrected chi connectivity index (χ3v) is 3.93. The first-order chi connectivity index (χ1) is 10.1. The molecule has 1 N–H and O–H groups in total. The van der Waals surface area contributed by atoms with Crippen molar-refractivity contribution in [2.45, 2.75) is 20.3 Å². The van der Waals surface area contributed by atoms with Crippen LogP contribution in [0.15, 0.2) is 18.2 Å². The highest BCUT2D eigenvalue weighted by Gasteiger charge is 2.17. The second-order valence-corrected chi connectivity index (χ2v) is 5.45. The van der Waals surface area contributed by atoms with Crippen molar-refractivity contribution in [3.8, 4) is 11.4 Å². The van der Waals surface area contributed by atoms with E-state index in [1.54, 1.807) is 7.11 Å². The molecule has 0 aliphatic carbocycles. The van der Waals surface area contributed by atoms with Crippen LogP contribution in [0.2, 0.25) is 0 Å². The zero-order valence-corrected chi connectivity index (χ0v) is 13.4. The zero-order valence-electron chi connectivity index (χ0n) is 12.6. The molecule has 0 unspecified atom stereocenters. The number of methoxy groups -OCH3 is 1. The van der Waals surface area contributed by atoms with E-state index in [2.05, 4.69) is 30.0 Å². The molecule has 3 rings (SSSR count). The highest BCUT2D eigenvalue weighted by molar-refractivity contribution is 7.71. The number of benzene rings is 1. The van der Waals surface area contributed by atoms with Crippen molar-refractivity contribution in [2.75, 3.05) is 7.11 Å². The number of rotatable bonds is 3. The van der Waals surface area contributed by atoms with Crippen molar-refractivity contribution in [3.63, 3.8) is 0 Å². The summed E-state index contributed by atoms with van der Waals surface area (Å²) in [4.78, 5) is 3.28. The second kappa shape index (κ2) is 5.04. The molecule has 2 aromatic heterocycles. The lowest BCUT2D eigenvalue weighted by atomic mass is 10.2. The molecule has 0 amide bonds. The van der Waals surface area contributed by atoms with E-state index in [9.17, 15) is 0 Å². The SMILES string of the molecule is CCc1nn(C)c2c1[nH]c(=S)n2-c1cc(C)ccc1OC. The zero-order chi connectivity index (χ0) is 15.1. The molecule has 3 aromatic rings. The lowest BCUT2D eigenvalue weighted by Crippen LogP contribution is -2.03. The number of ether oxygens (including phenoxy) is 1. The third-order valence-electron chi connectivity index (χ3n) is 3.65. The molecular formula is C15H18N4OS. The van der Waals surface area contributed by atoms with Crippen LogP contribution >= 0.6 is 12.2 Å². The summed E-state index contributed by atoms with van der Waals surface area (Å²) >= 11 is 5.52. The minimum Gasteiger partial charge on any atom is -0.495 e. The molecule has 0 radical (unpaired) electrons. The Morgan fingerprint density at radius 2 is 2.14 bits per heavy atom. The summed E-state index contributed by atoms with van der Waals surface area (Å²) < 4.78 is 9.99. The maximum atomic E-state index is 5.52. The van der Waals surface area contributed by atoms with Gasteiger partial charge in [0.25, 0.3) is 0 Å². The van der Waals surface area contributed by atoms with Gasteiger partial charge in [-0.15, -0.1) is 0 Å². The molecule has 110 valence electrons. The van der Waals surface area contributed by atoms with Crippen LogP contribution in [0.25, 0.3) is 16.9 Å². The molecule has 0 bridgehead atoms. The summed E-state index contributed by atoms with van der Waals surface area (Å²) in [7, 11) is 3.60. The van der Waals surface area contributed by atoms with Gasteiger partial charge in [-0.3, -0.25) is 4.57 Å². The molecule has 0 spiro atoms. The summed E-state index contributed by atoms with van der Waals surface area (Å²) in [6, 6.07) is 6.05. The number of aromatic amines is 1. The number of aryl methyl sites for hydroxylation is 3. The standard InChI is InChI=1S/C15H18N4OS/c1-5-10-13-14(18(3)17-10)19(15(21)16-13)11-8-9(2)6-7-12(11)20-4/h6-8H,5H2,1-4H3,(H,16,21). The largest absolute Gasteiger partial charge is 0.495 e. The first-order valence-electron chi connectivity index (χ1n) is 6.88. The quantitative estimate of drug-likeness (QED) is 0.755. The summed E-state index contributed by atoms with van der Waals surface area (Å²) in [6.45, 7) is 4.14. The van der Waals surface area contributed by atoms with Crippen LogP contribution in [0.5, 0.6) is 5.75 Å². The van der Waals surface area contributed by atoms with Gasteiger partial charge in [-0.05, 0) is 43.3 Å². The molecule has 2 heterocycles. The van der Waals surface area contributed by atoms with E-state index in [4.69, 9.17) is 17.0 Å². The number of H-pyrrole nitrogens is 1. The summed E-state index contributed by atoms with van der Waals surface area (Å²) in [5.41, 5.74) is 5.05. The van der Waals surface area contributed by atoms with Crippen LogP contribution in [-0.4, -0.2) is 26.4 Å². The van der Waals surface area contributed by atoms with Crippen molar-refractivity contribution in [1.29, 1.82) is 0 Å². The fourth-order valence-electron chi connectivity index (χ4n) is 2.66. The minimum absolute atomic E-state index is 0.650. The predicted molar refractivity (Wildman–Crippen MR) is 85.9 cm³/mol. The first kappa shape index (κ1) is 13.9. The molecule has 0 fully saturated rings. The highest BCUT2D eigenvalue weighted by atomic mass is 32.1. The van der Waals surface area contributed by atoms with Crippen molar-refractivity contribution in [3.05, 3.63) is 34.2 Å². The molecule has 0 saturated carbocycles. The van der Waals surface area contributed by atoms with Crippen molar-refractivity contribution in [1.82, 2.24) is 19.3 Å². The van der Waals surface area contributed by atoms with Gasteiger partial charge >= 0.3 is 0 Å². The molecule has 1 aromatic carbocycles. The van der Waals surface area contributed by atoms with E-state index in [1.807, 2.05) is 28.4 Å². The van der Waals surface area contributed by atoms with Crippen molar-refractivity contribution in [2.24, 2.45) is 7.05 Å². The molecular weight excluding hydrogens is 284 g/mol. The van der Waals surface area contributed by atoms with Gasteiger partial charge in [-0.2, -0.15) is 5.10 Å². The van der Waals surface area contributed by atoms with Crippen LogP contribution < -0.4 is 4.74 Å². The molecule has 0 atom stereocenters. The van der Waals surface area contributed by atoms with E-state index >= 15 is 0 Å². The van der Waals surface area contributed by atoms with E-state index in [1.165, 1.54) is 0 Å². The number of nitrogens with zero attached hydrogens (tertiary/aromatic N) is 3. The van der Waals surface area contributed by atoms with E-state index < -0.39 is 0 Å². The third kappa shape index (κ3) is 2.06. The topological polar surface area (TPSA) is 47.8 Å². The Hall–Kier alpha value is -2.08. The average Bonchev–Trinajstić information content (AvgIpc) is 2.95.